The van der Waals surface area contributed by atoms with Crippen molar-refractivity contribution >= 4 is 5.97 Å². The van der Waals surface area contributed by atoms with E-state index in [9.17, 15) is 14.3 Å². The minimum Gasteiger partial charge on any atom is -0.478 e. The maximum absolute atomic E-state index is 14.6. The van der Waals surface area contributed by atoms with Gasteiger partial charge in [-0.05, 0) is 62.4 Å². The van der Waals surface area contributed by atoms with Gasteiger partial charge in [-0.25, -0.2) is 9.18 Å². The molecule has 26 heavy (non-hydrogen) atoms. The predicted octanol–water partition coefficient (Wildman–Crippen LogP) is 4.78. The van der Waals surface area contributed by atoms with Gasteiger partial charge in [0.25, 0.3) is 5.89 Å². The van der Waals surface area contributed by atoms with Crippen molar-refractivity contribution in [3.63, 3.8) is 0 Å². The summed E-state index contributed by atoms with van der Waals surface area (Å²) in [4.78, 5) is 15.8. The lowest BCUT2D eigenvalue weighted by molar-refractivity contribution is 0.0695. The first-order valence-corrected chi connectivity index (χ1v) is 8.16. The van der Waals surface area contributed by atoms with E-state index in [0.29, 0.717) is 22.3 Å². The predicted molar refractivity (Wildman–Crippen MR) is 95.8 cm³/mol. The molecule has 1 aromatic heterocycles. The molecular formula is C20H19FN2O3. The first-order valence-electron chi connectivity index (χ1n) is 8.16. The van der Waals surface area contributed by atoms with Gasteiger partial charge in [0.15, 0.2) is 0 Å². The van der Waals surface area contributed by atoms with Crippen LogP contribution >= 0.6 is 0 Å². The van der Waals surface area contributed by atoms with Crippen LogP contribution in [0.2, 0.25) is 0 Å². The third-order valence-corrected chi connectivity index (χ3v) is 4.73. The molecular weight excluding hydrogens is 335 g/mol. The second-order valence-corrected chi connectivity index (χ2v) is 6.48. The van der Waals surface area contributed by atoms with Crippen LogP contribution in [-0.4, -0.2) is 21.2 Å². The Bertz CT molecular complexity index is 1010. The number of hydrogen-bond donors (Lipinski definition) is 1. The average molecular weight is 354 g/mol. The van der Waals surface area contributed by atoms with Crippen LogP contribution in [-0.2, 0) is 0 Å². The fourth-order valence-electron chi connectivity index (χ4n) is 3.16. The first-order chi connectivity index (χ1) is 12.2. The summed E-state index contributed by atoms with van der Waals surface area (Å²) in [5.74, 6) is -1.09. The van der Waals surface area contributed by atoms with Crippen molar-refractivity contribution in [2.24, 2.45) is 0 Å². The number of nitrogens with zero attached hydrogens (tertiary/aromatic N) is 2. The zero-order valence-electron chi connectivity index (χ0n) is 15.3. The number of carbonyl (C=O) groups is 1. The highest BCUT2D eigenvalue weighted by molar-refractivity contribution is 5.93. The molecule has 0 fully saturated rings. The van der Waals surface area contributed by atoms with Gasteiger partial charge in [0.2, 0.25) is 5.82 Å². The Hall–Kier alpha value is -3.02. The zero-order valence-corrected chi connectivity index (χ0v) is 15.3. The smallest absolute Gasteiger partial charge is 0.336 e. The van der Waals surface area contributed by atoms with Crippen LogP contribution in [0.1, 0.15) is 38.2 Å². The minimum atomic E-state index is -1.01. The standard InChI is InChI=1S/C20H19FN2O3/c1-9-6-7-14(13(5)15(9)20(24)25)18-22-19(26-23-18)16-12(4)10(2)8-11(3)17(16)21/h6-8H,1-5H3,(H,24,25). The third-order valence-electron chi connectivity index (χ3n) is 4.73. The van der Waals surface area contributed by atoms with Crippen LogP contribution in [0.5, 0.6) is 0 Å². The lowest BCUT2D eigenvalue weighted by Gasteiger charge is -2.09. The molecule has 0 spiro atoms. The van der Waals surface area contributed by atoms with E-state index in [1.807, 2.05) is 6.92 Å². The molecule has 0 aliphatic heterocycles. The van der Waals surface area contributed by atoms with Gasteiger partial charge >= 0.3 is 5.97 Å². The Kier molecular flexibility index (Phi) is 4.36. The van der Waals surface area contributed by atoms with Crippen LogP contribution < -0.4 is 0 Å². The van der Waals surface area contributed by atoms with Gasteiger partial charge in [-0.2, -0.15) is 4.98 Å². The summed E-state index contributed by atoms with van der Waals surface area (Å²) in [5, 5.41) is 13.4. The van der Waals surface area contributed by atoms with Crippen molar-refractivity contribution in [2.75, 3.05) is 0 Å². The number of benzene rings is 2. The van der Waals surface area contributed by atoms with E-state index in [-0.39, 0.29) is 22.8 Å². The van der Waals surface area contributed by atoms with Crippen molar-refractivity contribution in [1.82, 2.24) is 10.1 Å². The molecule has 5 nitrogen and oxygen atoms in total. The number of aromatic nitrogens is 2. The highest BCUT2D eigenvalue weighted by Crippen LogP contribution is 2.32. The molecule has 6 heteroatoms. The largest absolute Gasteiger partial charge is 0.478 e. The lowest BCUT2D eigenvalue weighted by atomic mass is 9.97. The molecule has 0 saturated heterocycles. The van der Waals surface area contributed by atoms with E-state index in [2.05, 4.69) is 10.1 Å². The molecule has 0 aliphatic carbocycles. The Morgan fingerprint density at radius 1 is 1.04 bits per heavy atom. The van der Waals surface area contributed by atoms with E-state index < -0.39 is 11.8 Å². The third kappa shape index (κ3) is 2.77. The summed E-state index contributed by atoms with van der Waals surface area (Å²) in [7, 11) is 0. The van der Waals surface area contributed by atoms with Crippen LogP contribution in [0.4, 0.5) is 4.39 Å². The number of aromatic carboxylic acids is 1. The summed E-state index contributed by atoms with van der Waals surface area (Å²) in [6, 6.07) is 5.22. The molecule has 0 radical (unpaired) electrons. The van der Waals surface area contributed by atoms with E-state index in [1.54, 1.807) is 45.9 Å². The van der Waals surface area contributed by atoms with Crippen molar-refractivity contribution in [1.29, 1.82) is 0 Å². The fourth-order valence-corrected chi connectivity index (χ4v) is 3.16. The lowest BCUT2D eigenvalue weighted by Crippen LogP contribution is -2.04. The molecule has 0 bridgehead atoms. The second kappa shape index (κ2) is 6.37. The minimum absolute atomic E-state index is 0.0821. The normalized spacial score (nSPS) is 11.0. The molecule has 3 aromatic rings. The van der Waals surface area contributed by atoms with Crippen molar-refractivity contribution in [2.45, 2.75) is 34.6 Å². The fraction of sp³-hybridized carbons (Fsp3) is 0.250. The van der Waals surface area contributed by atoms with Crippen LogP contribution in [0, 0.1) is 40.4 Å². The van der Waals surface area contributed by atoms with Gasteiger partial charge in [0.05, 0.1) is 11.1 Å². The molecule has 0 amide bonds. The van der Waals surface area contributed by atoms with Gasteiger partial charge in [-0.15, -0.1) is 0 Å². The number of aryl methyl sites for hydroxylation is 3. The maximum Gasteiger partial charge on any atom is 0.336 e. The molecule has 3 rings (SSSR count). The molecule has 0 saturated carbocycles. The molecule has 1 heterocycles. The van der Waals surface area contributed by atoms with E-state index in [4.69, 9.17) is 4.52 Å². The summed E-state index contributed by atoms with van der Waals surface area (Å²) in [5.41, 5.74) is 4.40. The molecule has 2 aromatic carbocycles. The highest BCUT2D eigenvalue weighted by atomic mass is 19.1. The Morgan fingerprint density at radius 2 is 1.73 bits per heavy atom. The van der Waals surface area contributed by atoms with Crippen molar-refractivity contribution < 1.29 is 18.8 Å². The molecule has 134 valence electrons. The SMILES string of the molecule is Cc1cc(C)c(F)c(-c2nc(-c3ccc(C)c(C(=O)O)c3C)no2)c1C. The van der Waals surface area contributed by atoms with Crippen molar-refractivity contribution in [3.05, 3.63) is 57.4 Å². The highest BCUT2D eigenvalue weighted by Gasteiger charge is 2.22. The van der Waals surface area contributed by atoms with Gasteiger partial charge < -0.3 is 9.63 Å². The number of hydrogen-bond acceptors (Lipinski definition) is 4. The summed E-state index contributed by atoms with van der Waals surface area (Å²) >= 11 is 0. The Morgan fingerprint density at radius 3 is 2.38 bits per heavy atom. The van der Waals surface area contributed by atoms with E-state index in [0.717, 1.165) is 11.1 Å². The molecule has 0 atom stereocenters. The van der Waals surface area contributed by atoms with Gasteiger partial charge in [-0.1, -0.05) is 23.4 Å². The van der Waals surface area contributed by atoms with E-state index in [1.165, 1.54) is 0 Å². The number of halogens is 1. The quantitative estimate of drug-likeness (QED) is 0.732. The average Bonchev–Trinajstić information content (AvgIpc) is 3.02. The Labute approximate surface area is 150 Å². The number of rotatable bonds is 3. The zero-order chi connectivity index (χ0) is 19.2. The molecule has 1 N–H and O–H groups in total. The summed E-state index contributed by atoms with van der Waals surface area (Å²) in [6.45, 7) is 8.81. The number of carboxylic acid groups (broad SMARTS) is 1. The van der Waals surface area contributed by atoms with Crippen LogP contribution in [0.3, 0.4) is 0 Å². The summed E-state index contributed by atoms with van der Waals surface area (Å²) in [6.07, 6.45) is 0. The van der Waals surface area contributed by atoms with Gasteiger partial charge in [0, 0.05) is 5.56 Å². The van der Waals surface area contributed by atoms with Gasteiger partial charge in [0.1, 0.15) is 5.82 Å². The number of carboxylic acids is 1. The Balaban J connectivity index is 2.17. The topological polar surface area (TPSA) is 76.2 Å². The van der Waals surface area contributed by atoms with E-state index >= 15 is 0 Å². The molecule has 0 aliphatic rings. The summed E-state index contributed by atoms with van der Waals surface area (Å²) < 4.78 is 20.0. The monoisotopic (exact) mass is 354 g/mol. The van der Waals surface area contributed by atoms with Gasteiger partial charge in [-0.3, -0.25) is 0 Å². The first kappa shape index (κ1) is 17.8. The maximum atomic E-state index is 14.6. The van der Waals surface area contributed by atoms with Crippen LogP contribution in [0.15, 0.2) is 22.7 Å². The second-order valence-electron chi connectivity index (χ2n) is 6.48. The van der Waals surface area contributed by atoms with Crippen LogP contribution in [0.25, 0.3) is 22.8 Å². The molecule has 0 unspecified atom stereocenters. The van der Waals surface area contributed by atoms with Crippen molar-refractivity contribution in [3.8, 4) is 22.8 Å².